The van der Waals surface area contributed by atoms with E-state index < -0.39 is 23.5 Å². The van der Waals surface area contributed by atoms with E-state index in [1.165, 1.54) is 6.07 Å². The predicted octanol–water partition coefficient (Wildman–Crippen LogP) is 2.72. The summed E-state index contributed by atoms with van der Waals surface area (Å²) in [4.78, 5) is 39.8. The Balaban J connectivity index is 0.00000420. The molecule has 0 bridgehead atoms. The number of nitrogens with one attached hydrogen (secondary N) is 3. The summed E-state index contributed by atoms with van der Waals surface area (Å²) in [5, 5.41) is 7.89. The van der Waals surface area contributed by atoms with Gasteiger partial charge in [-0.05, 0) is 56.7 Å². The van der Waals surface area contributed by atoms with Gasteiger partial charge in [-0.1, -0.05) is 6.07 Å². The van der Waals surface area contributed by atoms with Crippen LogP contribution in [0.5, 0.6) is 0 Å². The highest BCUT2D eigenvalue weighted by Gasteiger charge is 2.17. The number of ether oxygens (including phenoxy) is 1. The molecule has 3 amide bonds. The van der Waals surface area contributed by atoms with Crippen LogP contribution in [-0.2, 0) is 16.1 Å². The molecule has 1 aromatic carbocycles. The molecule has 1 heterocycles. The Hall–Kier alpha value is -3.42. The standard InChI is InChI=1S/C20H24N4O4.H2/c1-20(2,3)28-17(25)13-22-18(26)15-5-4-6-16(11-15)24-19(27)23-12-14-7-9-21-10-8-14;/h4-11H,12-13H2,1-3H3,(H,22,26)(H2,23,24,27);1H. The Bertz CT molecular complexity index is 838. The smallest absolute Gasteiger partial charge is 0.325 e. The lowest BCUT2D eigenvalue weighted by Gasteiger charge is -2.19. The molecule has 0 aliphatic rings. The number of benzene rings is 1. The van der Waals surface area contributed by atoms with Crippen LogP contribution in [-0.4, -0.2) is 35.0 Å². The number of urea groups is 1. The third kappa shape index (κ3) is 7.45. The first kappa shape index (κ1) is 20.9. The summed E-state index contributed by atoms with van der Waals surface area (Å²) in [6.07, 6.45) is 3.29. The van der Waals surface area contributed by atoms with Gasteiger partial charge in [0.2, 0.25) is 0 Å². The number of hydrogen-bond acceptors (Lipinski definition) is 5. The fraction of sp³-hybridized carbons (Fsp3) is 0.300. The van der Waals surface area contributed by atoms with Gasteiger partial charge in [-0.2, -0.15) is 0 Å². The molecule has 0 aliphatic carbocycles. The third-order valence-electron chi connectivity index (χ3n) is 3.40. The van der Waals surface area contributed by atoms with E-state index in [0.29, 0.717) is 17.8 Å². The van der Waals surface area contributed by atoms with E-state index in [1.807, 2.05) is 0 Å². The van der Waals surface area contributed by atoms with Gasteiger partial charge >= 0.3 is 12.0 Å². The minimum Gasteiger partial charge on any atom is -0.459 e. The molecule has 0 radical (unpaired) electrons. The molecule has 3 N–H and O–H groups in total. The molecule has 0 atom stereocenters. The number of rotatable bonds is 6. The number of esters is 1. The van der Waals surface area contributed by atoms with Crippen molar-refractivity contribution in [2.24, 2.45) is 0 Å². The first-order chi connectivity index (χ1) is 13.2. The van der Waals surface area contributed by atoms with E-state index in [1.54, 1.807) is 63.5 Å². The summed E-state index contributed by atoms with van der Waals surface area (Å²) >= 11 is 0. The normalized spacial score (nSPS) is 10.7. The van der Waals surface area contributed by atoms with Crippen molar-refractivity contribution < 1.29 is 20.5 Å². The van der Waals surface area contributed by atoms with Crippen molar-refractivity contribution in [2.75, 3.05) is 11.9 Å². The lowest BCUT2D eigenvalue weighted by Crippen LogP contribution is -2.34. The third-order valence-corrected chi connectivity index (χ3v) is 3.40. The largest absolute Gasteiger partial charge is 0.459 e. The van der Waals surface area contributed by atoms with Crippen LogP contribution in [0.2, 0.25) is 0 Å². The molecule has 2 rings (SSSR count). The number of aromatic nitrogens is 1. The quantitative estimate of drug-likeness (QED) is 0.661. The second kappa shape index (κ2) is 9.50. The van der Waals surface area contributed by atoms with Gasteiger partial charge in [0.15, 0.2) is 0 Å². The maximum Gasteiger partial charge on any atom is 0.325 e. The summed E-state index contributed by atoms with van der Waals surface area (Å²) < 4.78 is 5.14. The Morgan fingerprint density at radius 1 is 1.07 bits per heavy atom. The summed E-state index contributed by atoms with van der Waals surface area (Å²) in [5.74, 6) is -0.961. The second-order valence-electron chi connectivity index (χ2n) is 7.01. The van der Waals surface area contributed by atoms with Gasteiger partial charge in [0, 0.05) is 31.6 Å². The average molecular weight is 386 g/mol. The van der Waals surface area contributed by atoms with Gasteiger partial charge in [0.25, 0.3) is 5.91 Å². The molecule has 150 valence electrons. The van der Waals surface area contributed by atoms with Crippen LogP contribution in [0.4, 0.5) is 10.5 Å². The van der Waals surface area contributed by atoms with E-state index in [2.05, 4.69) is 20.9 Å². The molecule has 0 spiro atoms. The Morgan fingerprint density at radius 2 is 1.79 bits per heavy atom. The van der Waals surface area contributed by atoms with E-state index in [0.717, 1.165) is 5.56 Å². The number of nitrogens with zero attached hydrogens (tertiary/aromatic N) is 1. The van der Waals surface area contributed by atoms with Crippen LogP contribution in [0, 0.1) is 0 Å². The number of anilines is 1. The molecule has 8 nitrogen and oxygen atoms in total. The zero-order valence-electron chi connectivity index (χ0n) is 16.1. The van der Waals surface area contributed by atoms with Gasteiger partial charge in [0.05, 0.1) is 0 Å². The highest BCUT2D eigenvalue weighted by atomic mass is 16.6. The Kier molecular flexibility index (Phi) is 7.08. The van der Waals surface area contributed by atoms with Crippen LogP contribution in [0.25, 0.3) is 0 Å². The van der Waals surface area contributed by atoms with E-state index in [4.69, 9.17) is 4.74 Å². The maximum atomic E-state index is 12.2. The molecule has 0 fully saturated rings. The molecular formula is C20H26N4O4. The molecule has 28 heavy (non-hydrogen) atoms. The molecule has 0 aliphatic heterocycles. The average Bonchev–Trinajstić information content (AvgIpc) is 2.64. The number of carbonyl (C=O) groups is 3. The monoisotopic (exact) mass is 386 g/mol. The van der Waals surface area contributed by atoms with Crippen LogP contribution in [0.15, 0.2) is 48.8 Å². The minimum atomic E-state index is -0.616. The lowest BCUT2D eigenvalue weighted by atomic mass is 10.2. The molecule has 1 aromatic heterocycles. The minimum absolute atomic E-state index is 0. The number of pyridine rings is 1. The van der Waals surface area contributed by atoms with Crippen LogP contribution < -0.4 is 16.0 Å². The fourth-order valence-corrected chi connectivity index (χ4v) is 2.23. The topological polar surface area (TPSA) is 109 Å². The SMILES string of the molecule is CC(C)(C)OC(=O)CNC(=O)c1cccc(NC(=O)NCc2ccncc2)c1.[HH]. The van der Waals surface area contributed by atoms with E-state index in [9.17, 15) is 14.4 Å². The van der Waals surface area contributed by atoms with Crippen molar-refractivity contribution in [2.45, 2.75) is 32.9 Å². The van der Waals surface area contributed by atoms with Crippen LogP contribution in [0.1, 0.15) is 38.1 Å². The fourth-order valence-electron chi connectivity index (χ4n) is 2.23. The van der Waals surface area contributed by atoms with Gasteiger partial charge in [-0.3, -0.25) is 14.6 Å². The van der Waals surface area contributed by atoms with Crippen molar-refractivity contribution in [3.05, 3.63) is 59.9 Å². The van der Waals surface area contributed by atoms with Gasteiger partial charge < -0.3 is 20.7 Å². The van der Waals surface area contributed by atoms with E-state index in [-0.39, 0.29) is 7.97 Å². The summed E-state index contributed by atoms with van der Waals surface area (Å²) in [6.45, 7) is 5.37. The predicted molar refractivity (Wildman–Crippen MR) is 107 cm³/mol. The van der Waals surface area contributed by atoms with Crippen molar-refractivity contribution in [3.8, 4) is 0 Å². The Labute approximate surface area is 165 Å². The van der Waals surface area contributed by atoms with Gasteiger partial charge in [-0.25, -0.2) is 4.79 Å². The van der Waals surface area contributed by atoms with Crippen molar-refractivity contribution in [1.29, 1.82) is 0 Å². The lowest BCUT2D eigenvalue weighted by molar-refractivity contribution is -0.153. The number of hydrogen-bond donors (Lipinski definition) is 3. The summed E-state index contributed by atoms with van der Waals surface area (Å²) in [6, 6.07) is 9.62. The Morgan fingerprint density at radius 3 is 2.46 bits per heavy atom. The number of amides is 3. The molecule has 2 aromatic rings. The highest BCUT2D eigenvalue weighted by molar-refractivity contribution is 5.98. The first-order valence-electron chi connectivity index (χ1n) is 8.77. The van der Waals surface area contributed by atoms with E-state index >= 15 is 0 Å². The highest BCUT2D eigenvalue weighted by Crippen LogP contribution is 2.11. The summed E-state index contributed by atoms with van der Waals surface area (Å²) in [5.41, 5.74) is 1.07. The molecule has 8 heteroatoms. The van der Waals surface area contributed by atoms with Crippen molar-refractivity contribution in [1.82, 2.24) is 15.6 Å². The first-order valence-corrected chi connectivity index (χ1v) is 8.77. The maximum absolute atomic E-state index is 12.2. The molecule has 0 saturated carbocycles. The zero-order chi connectivity index (χ0) is 20.6. The number of carbonyl (C=O) groups excluding carboxylic acids is 3. The van der Waals surface area contributed by atoms with Crippen molar-refractivity contribution >= 4 is 23.6 Å². The van der Waals surface area contributed by atoms with Crippen molar-refractivity contribution in [3.63, 3.8) is 0 Å². The molecular weight excluding hydrogens is 360 g/mol. The molecule has 0 saturated heterocycles. The zero-order valence-corrected chi connectivity index (χ0v) is 16.1. The van der Waals surface area contributed by atoms with Crippen LogP contribution in [0.3, 0.4) is 0 Å². The second-order valence-corrected chi connectivity index (χ2v) is 7.01. The molecule has 0 unspecified atom stereocenters. The van der Waals surface area contributed by atoms with Crippen LogP contribution >= 0.6 is 0 Å². The van der Waals surface area contributed by atoms with Gasteiger partial charge in [-0.15, -0.1) is 0 Å². The van der Waals surface area contributed by atoms with Gasteiger partial charge in [0.1, 0.15) is 12.1 Å². The summed E-state index contributed by atoms with van der Waals surface area (Å²) in [7, 11) is 0.